The monoisotopic (exact) mass is 188 g/mol. The molecule has 0 radical (unpaired) electrons. The summed E-state index contributed by atoms with van der Waals surface area (Å²) in [4.78, 5) is 0. The van der Waals surface area contributed by atoms with Crippen molar-refractivity contribution in [1.29, 1.82) is 0 Å². The van der Waals surface area contributed by atoms with Crippen LogP contribution in [-0.4, -0.2) is 16.8 Å². The van der Waals surface area contributed by atoms with Crippen LogP contribution >= 0.6 is 0 Å². The van der Waals surface area contributed by atoms with Crippen LogP contribution in [0.15, 0.2) is 30.5 Å². The summed E-state index contributed by atoms with van der Waals surface area (Å²) < 4.78 is 5.49. The molecule has 0 saturated heterocycles. The van der Waals surface area contributed by atoms with E-state index in [2.05, 4.69) is 17.1 Å². The number of ether oxygens (including phenoxy) is 1. The third-order valence-corrected chi connectivity index (χ3v) is 1.98. The predicted molar refractivity (Wildman–Crippen MR) is 55.3 cm³/mol. The maximum atomic E-state index is 5.49. The van der Waals surface area contributed by atoms with Crippen LogP contribution in [0.5, 0.6) is 5.88 Å². The Bertz CT molecular complexity index is 423. The molecule has 14 heavy (non-hydrogen) atoms. The van der Waals surface area contributed by atoms with Gasteiger partial charge in [0.1, 0.15) is 0 Å². The van der Waals surface area contributed by atoms with Gasteiger partial charge in [0, 0.05) is 10.8 Å². The Hall–Kier alpha value is -1.64. The van der Waals surface area contributed by atoms with Gasteiger partial charge < -0.3 is 4.74 Å². The molecular formula is C11H12N2O. The molecule has 3 heteroatoms. The summed E-state index contributed by atoms with van der Waals surface area (Å²) in [5.74, 6) is 0.630. The number of fused-ring (bicyclic) bond motifs is 1. The van der Waals surface area contributed by atoms with E-state index < -0.39 is 0 Å². The molecule has 0 aliphatic carbocycles. The van der Waals surface area contributed by atoms with Crippen molar-refractivity contribution >= 4 is 10.8 Å². The molecule has 0 N–H and O–H groups in total. The topological polar surface area (TPSA) is 35.0 Å². The van der Waals surface area contributed by atoms with Gasteiger partial charge >= 0.3 is 0 Å². The number of rotatable bonds is 3. The molecule has 0 amide bonds. The Labute approximate surface area is 82.7 Å². The number of hydrogen-bond acceptors (Lipinski definition) is 3. The highest BCUT2D eigenvalue weighted by Gasteiger charge is 2.02. The van der Waals surface area contributed by atoms with Gasteiger partial charge in [-0.3, -0.25) is 0 Å². The predicted octanol–water partition coefficient (Wildman–Crippen LogP) is 2.42. The van der Waals surface area contributed by atoms with E-state index in [0.717, 1.165) is 17.2 Å². The minimum absolute atomic E-state index is 0.630. The standard InChI is InChI=1S/C11H12N2O/c1-2-7-14-11-10-6-4-3-5-9(10)8-12-13-11/h3-6,8H,2,7H2,1H3. The Morgan fingerprint density at radius 1 is 1.29 bits per heavy atom. The molecule has 0 spiro atoms. The van der Waals surface area contributed by atoms with Crippen LogP contribution in [0.4, 0.5) is 0 Å². The molecular weight excluding hydrogens is 176 g/mol. The minimum atomic E-state index is 0.630. The molecule has 0 aliphatic heterocycles. The molecule has 2 rings (SSSR count). The lowest BCUT2D eigenvalue weighted by Gasteiger charge is -2.05. The van der Waals surface area contributed by atoms with Gasteiger partial charge in [0.25, 0.3) is 0 Å². The molecule has 1 aromatic carbocycles. The van der Waals surface area contributed by atoms with E-state index in [4.69, 9.17) is 4.74 Å². The molecule has 0 fully saturated rings. The fourth-order valence-electron chi connectivity index (χ4n) is 1.31. The maximum absolute atomic E-state index is 5.49. The van der Waals surface area contributed by atoms with Crippen molar-refractivity contribution in [2.75, 3.05) is 6.61 Å². The van der Waals surface area contributed by atoms with E-state index >= 15 is 0 Å². The first-order chi connectivity index (χ1) is 6.92. The van der Waals surface area contributed by atoms with Crippen LogP contribution in [0.3, 0.4) is 0 Å². The summed E-state index contributed by atoms with van der Waals surface area (Å²) in [7, 11) is 0. The summed E-state index contributed by atoms with van der Waals surface area (Å²) in [5, 5.41) is 9.95. The van der Waals surface area contributed by atoms with Crippen molar-refractivity contribution in [1.82, 2.24) is 10.2 Å². The lowest BCUT2D eigenvalue weighted by atomic mass is 10.2. The van der Waals surface area contributed by atoms with Crippen LogP contribution in [0.1, 0.15) is 13.3 Å². The van der Waals surface area contributed by atoms with Crippen molar-refractivity contribution in [3.63, 3.8) is 0 Å². The second kappa shape index (κ2) is 4.05. The Morgan fingerprint density at radius 2 is 2.14 bits per heavy atom. The summed E-state index contributed by atoms with van der Waals surface area (Å²) >= 11 is 0. The molecule has 0 aliphatic rings. The smallest absolute Gasteiger partial charge is 0.241 e. The number of hydrogen-bond donors (Lipinski definition) is 0. The Morgan fingerprint density at radius 3 is 3.00 bits per heavy atom. The van der Waals surface area contributed by atoms with E-state index in [1.165, 1.54) is 0 Å². The van der Waals surface area contributed by atoms with Crippen molar-refractivity contribution in [2.24, 2.45) is 0 Å². The van der Waals surface area contributed by atoms with Crippen LogP contribution < -0.4 is 4.74 Å². The highest BCUT2D eigenvalue weighted by Crippen LogP contribution is 2.21. The first-order valence-electron chi connectivity index (χ1n) is 4.75. The SMILES string of the molecule is CCCOc1nncc2ccccc12. The highest BCUT2D eigenvalue weighted by molar-refractivity contribution is 5.85. The molecule has 0 bridgehead atoms. The Balaban J connectivity index is 2.43. The number of nitrogens with zero attached hydrogens (tertiary/aromatic N) is 2. The number of benzene rings is 1. The van der Waals surface area contributed by atoms with Gasteiger partial charge in [0.15, 0.2) is 0 Å². The summed E-state index contributed by atoms with van der Waals surface area (Å²) in [6.07, 6.45) is 2.72. The zero-order valence-corrected chi connectivity index (χ0v) is 8.10. The number of aromatic nitrogens is 2. The second-order valence-electron chi connectivity index (χ2n) is 3.09. The van der Waals surface area contributed by atoms with Crippen molar-refractivity contribution < 1.29 is 4.74 Å². The summed E-state index contributed by atoms with van der Waals surface area (Å²) in [5.41, 5.74) is 0. The lowest BCUT2D eigenvalue weighted by Crippen LogP contribution is -1.98. The molecule has 0 unspecified atom stereocenters. The lowest BCUT2D eigenvalue weighted by molar-refractivity contribution is 0.306. The molecule has 72 valence electrons. The van der Waals surface area contributed by atoms with Crippen LogP contribution in [0, 0.1) is 0 Å². The maximum Gasteiger partial charge on any atom is 0.241 e. The van der Waals surface area contributed by atoms with Gasteiger partial charge in [-0.2, -0.15) is 5.10 Å². The summed E-state index contributed by atoms with van der Waals surface area (Å²) in [6.45, 7) is 2.75. The van der Waals surface area contributed by atoms with Crippen LogP contribution in [0.2, 0.25) is 0 Å². The van der Waals surface area contributed by atoms with Crippen molar-refractivity contribution in [3.05, 3.63) is 30.5 Å². The largest absolute Gasteiger partial charge is 0.476 e. The van der Waals surface area contributed by atoms with Gasteiger partial charge in [0.05, 0.1) is 12.8 Å². The quantitative estimate of drug-likeness (QED) is 0.742. The van der Waals surface area contributed by atoms with Crippen molar-refractivity contribution in [3.8, 4) is 5.88 Å². The molecule has 0 saturated carbocycles. The normalized spacial score (nSPS) is 10.4. The van der Waals surface area contributed by atoms with E-state index in [9.17, 15) is 0 Å². The third kappa shape index (κ3) is 1.66. The van der Waals surface area contributed by atoms with Gasteiger partial charge in [-0.25, -0.2) is 0 Å². The van der Waals surface area contributed by atoms with E-state index in [-0.39, 0.29) is 0 Å². The zero-order chi connectivity index (χ0) is 9.80. The van der Waals surface area contributed by atoms with Crippen LogP contribution in [-0.2, 0) is 0 Å². The second-order valence-corrected chi connectivity index (χ2v) is 3.09. The van der Waals surface area contributed by atoms with E-state index in [0.29, 0.717) is 12.5 Å². The average molecular weight is 188 g/mol. The zero-order valence-electron chi connectivity index (χ0n) is 8.10. The van der Waals surface area contributed by atoms with E-state index in [1.807, 2.05) is 24.3 Å². The fourth-order valence-corrected chi connectivity index (χ4v) is 1.31. The molecule has 1 heterocycles. The third-order valence-electron chi connectivity index (χ3n) is 1.98. The first-order valence-corrected chi connectivity index (χ1v) is 4.75. The average Bonchev–Trinajstić information content (AvgIpc) is 2.26. The minimum Gasteiger partial charge on any atom is -0.476 e. The van der Waals surface area contributed by atoms with Gasteiger partial charge in [-0.1, -0.05) is 25.1 Å². The fraction of sp³-hybridized carbons (Fsp3) is 0.273. The van der Waals surface area contributed by atoms with Crippen molar-refractivity contribution in [2.45, 2.75) is 13.3 Å². The van der Waals surface area contributed by atoms with E-state index in [1.54, 1.807) is 6.20 Å². The highest BCUT2D eigenvalue weighted by atomic mass is 16.5. The Kier molecular flexibility index (Phi) is 2.58. The molecule has 3 nitrogen and oxygen atoms in total. The first kappa shape index (κ1) is 8.94. The van der Waals surface area contributed by atoms with Gasteiger partial charge in [-0.15, -0.1) is 5.10 Å². The molecule has 2 aromatic rings. The summed E-state index contributed by atoms with van der Waals surface area (Å²) in [6, 6.07) is 7.95. The molecule has 0 atom stereocenters. The van der Waals surface area contributed by atoms with Crippen LogP contribution in [0.25, 0.3) is 10.8 Å². The van der Waals surface area contributed by atoms with Gasteiger partial charge in [-0.05, 0) is 12.5 Å². The van der Waals surface area contributed by atoms with Gasteiger partial charge in [0.2, 0.25) is 5.88 Å². The molecule has 1 aromatic heterocycles.